The standard InChI is InChI=1S/C28H34Cl2N4O2S2/c1-33(2)15-9-17-37-21-13-7-5-11-19(21)31-25-23(29)28(36)26(24(30)27(25)35)32-20-12-6-8-14-22(20)38-18-10-16-34(3)4/h5-8,11-14,31-32H,9-10,15-18H2,1-4H3. The molecule has 0 atom stereocenters. The van der Waals surface area contributed by atoms with Gasteiger partial charge in [-0.1, -0.05) is 47.5 Å². The molecular formula is C28H34Cl2N4O2S2. The SMILES string of the molecule is CN(C)CCCSc1ccccc1NC1=C(Cl)C(=O)C(Nc2ccccc2SCCCN(C)C)=C(Cl)C1=O. The van der Waals surface area contributed by atoms with Crippen LogP contribution in [0, 0.1) is 0 Å². The summed E-state index contributed by atoms with van der Waals surface area (Å²) in [5.74, 6) is 0.778. The van der Waals surface area contributed by atoms with Crippen molar-refractivity contribution >= 4 is 69.7 Å². The van der Waals surface area contributed by atoms with Crippen molar-refractivity contribution in [2.24, 2.45) is 0 Å². The van der Waals surface area contributed by atoms with Crippen molar-refractivity contribution in [2.45, 2.75) is 22.6 Å². The van der Waals surface area contributed by atoms with E-state index in [2.05, 4.69) is 20.4 Å². The fraction of sp³-hybridized carbons (Fsp3) is 0.357. The Balaban J connectivity index is 1.75. The minimum Gasteiger partial charge on any atom is -0.350 e. The average Bonchev–Trinajstić information content (AvgIpc) is 2.89. The summed E-state index contributed by atoms with van der Waals surface area (Å²) < 4.78 is 0. The highest BCUT2D eigenvalue weighted by Crippen LogP contribution is 2.36. The highest BCUT2D eigenvalue weighted by molar-refractivity contribution is 7.99. The van der Waals surface area contributed by atoms with Crippen LogP contribution in [-0.2, 0) is 9.59 Å². The van der Waals surface area contributed by atoms with E-state index in [4.69, 9.17) is 23.2 Å². The average molecular weight is 594 g/mol. The lowest BCUT2D eigenvalue weighted by Crippen LogP contribution is -2.27. The molecule has 0 fully saturated rings. The molecule has 0 saturated carbocycles. The Hall–Kier alpha value is -1.94. The van der Waals surface area contributed by atoms with Crippen LogP contribution in [0.2, 0.25) is 0 Å². The van der Waals surface area contributed by atoms with Gasteiger partial charge in [0.1, 0.15) is 21.5 Å². The second-order valence-electron chi connectivity index (χ2n) is 9.29. The molecule has 204 valence electrons. The number of Topliss-reactive ketones (excluding diaryl/α,β-unsaturated/α-hetero) is 2. The fourth-order valence-corrected chi connectivity index (χ4v) is 6.00. The molecule has 0 spiro atoms. The van der Waals surface area contributed by atoms with E-state index < -0.39 is 11.6 Å². The summed E-state index contributed by atoms with van der Waals surface area (Å²) in [6, 6.07) is 15.3. The number of ketones is 2. The Kier molecular flexibility index (Phi) is 12.1. The lowest BCUT2D eigenvalue weighted by molar-refractivity contribution is -0.115. The fourth-order valence-electron chi connectivity index (χ4n) is 3.66. The molecule has 0 radical (unpaired) electrons. The normalized spacial score (nSPS) is 14.2. The molecule has 6 nitrogen and oxygen atoms in total. The topological polar surface area (TPSA) is 64.7 Å². The van der Waals surface area contributed by atoms with Gasteiger partial charge in [-0.05, 0) is 89.9 Å². The van der Waals surface area contributed by atoms with Crippen molar-refractivity contribution in [3.8, 4) is 0 Å². The summed E-state index contributed by atoms with van der Waals surface area (Å²) in [7, 11) is 8.18. The smallest absolute Gasteiger partial charge is 0.224 e. The number of rotatable bonds is 14. The number of anilines is 2. The molecule has 1 aliphatic carbocycles. The minimum absolute atomic E-state index is 0.0140. The molecule has 2 aromatic carbocycles. The molecular weight excluding hydrogens is 559 g/mol. The summed E-state index contributed by atoms with van der Waals surface area (Å²) in [6.07, 6.45) is 2.04. The van der Waals surface area contributed by atoms with Crippen molar-refractivity contribution in [2.75, 3.05) is 63.4 Å². The lowest BCUT2D eigenvalue weighted by atomic mass is 10.0. The Morgan fingerprint density at radius 3 is 1.39 bits per heavy atom. The Bertz CT molecular complexity index is 1120. The number of benzene rings is 2. The Morgan fingerprint density at radius 2 is 1.03 bits per heavy atom. The second kappa shape index (κ2) is 15.0. The molecule has 0 unspecified atom stereocenters. The summed E-state index contributed by atoms with van der Waals surface area (Å²) >= 11 is 16.3. The predicted octanol–water partition coefficient (Wildman–Crippen LogP) is 6.35. The lowest BCUT2D eigenvalue weighted by Gasteiger charge is -2.22. The van der Waals surface area contributed by atoms with Gasteiger partial charge in [0, 0.05) is 9.79 Å². The Morgan fingerprint density at radius 1 is 0.658 bits per heavy atom. The van der Waals surface area contributed by atoms with Crippen LogP contribution in [-0.4, -0.2) is 74.2 Å². The van der Waals surface area contributed by atoms with Crippen LogP contribution in [0.4, 0.5) is 11.4 Å². The number of hydrogen-bond donors (Lipinski definition) is 2. The number of carbonyl (C=O) groups is 2. The number of allylic oxidation sites excluding steroid dienone is 2. The predicted molar refractivity (Wildman–Crippen MR) is 164 cm³/mol. The molecule has 2 N–H and O–H groups in total. The number of nitrogens with one attached hydrogen (secondary N) is 2. The first-order valence-corrected chi connectivity index (χ1v) is 15.1. The van der Waals surface area contributed by atoms with E-state index >= 15 is 0 Å². The first-order valence-electron chi connectivity index (χ1n) is 12.3. The monoisotopic (exact) mass is 592 g/mol. The van der Waals surface area contributed by atoms with E-state index in [9.17, 15) is 9.59 Å². The van der Waals surface area contributed by atoms with Crippen LogP contribution >= 0.6 is 46.7 Å². The van der Waals surface area contributed by atoms with Crippen molar-refractivity contribution < 1.29 is 9.59 Å². The van der Waals surface area contributed by atoms with Crippen molar-refractivity contribution in [1.29, 1.82) is 0 Å². The van der Waals surface area contributed by atoms with E-state index in [1.165, 1.54) is 0 Å². The van der Waals surface area contributed by atoms with Crippen molar-refractivity contribution in [3.05, 3.63) is 70.0 Å². The van der Waals surface area contributed by atoms with Crippen molar-refractivity contribution in [3.63, 3.8) is 0 Å². The zero-order valence-electron chi connectivity index (χ0n) is 22.1. The minimum atomic E-state index is -0.526. The maximum atomic E-state index is 13.3. The van der Waals surface area contributed by atoms with Gasteiger partial charge in [0.25, 0.3) is 0 Å². The van der Waals surface area contributed by atoms with Gasteiger partial charge in [-0.15, -0.1) is 23.5 Å². The maximum absolute atomic E-state index is 13.3. The third-order valence-electron chi connectivity index (χ3n) is 5.60. The molecule has 0 saturated heterocycles. The van der Waals surface area contributed by atoms with Gasteiger partial charge in [0.2, 0.25) is 11.6 Å². The first kappa shape index (κ1) is 30.6. The van der Waals surface area contributed by atoms with Gasteiger partial charge < -0.3 is 20.4 Å². The van der Waals surface area contributed by atoms with E-state index in [0.717, 1.165) is 47.2 Å². The van der Waals surface area contributed by atoms with E-state index in [1.54, 1.807) is 23.5 Å². The number of halogens is 2. The van der Waals surface area contributed by atoms with Gasteiger partial charge in [0.05, 0.1) is 11.4 Å². The third kappa shape index (κ3) is 8.53. The van der Waals surface area contributed by atoms with Crippen LogP contribution < -0.4 is 10.6 Å². The molecule has 0 amide bonds. The maximum Gasteiger partial charge on any atom is 0.224 e. The zero-order valence-corrected chi connectivity index (χ0v) is 25.3. The summed E-state index contributed by atoms with van der Waals surface area (Å²) in [4.78, 5) is 32.8. The Labute approximate surface area is 244 Å². The number of thioether (sulfide) groups is 2. The van der Waals surface area contributed by atoms with E-state index in [-0.39, 0.29) is 21.5 Å². The third-order valence-corrected chi connectivity index (χ3v) is 8.64. The molecule has 0 heterocycles. The number of hydrogen-bond acceptors (Lipinski definition) is 8. The highest BCUT2D eigenvalue weighted by atomic mass is 35.5. The van der Waals surface area contributed by atoms with Gasteiger partial charge in [-0.3, -0.25) is 9.59 Å². The molecule has 1 aliphatic rings. The second-order valence-corrected chi connectivity index (χ2v) is 12.3. The number of para-hydroxylation sites is 2. The van der Waals surface area contributed by atoms with Crippen LogP contribution in [0.3, 0.4) is 0 Å². The van der Waals surface area contributed by atoms with Gasteiger partial charge in [0.15, 0.2) is 0 Å². The van der Waals surface area contributed by atoms with Crippen LogP contribution in [0.25, 0.3) is 0 Å². The van der Waals surface area contributed by atoms with E-state index in [1.807, 2.05) is 76.7 Å². The summed E-state index contributed by atoms with van der Waals surface area (Å²) in [5, 5.41) is 5.80. The van der Waals surface area contributed by atoms with Gasteiger partial charge in [-0.2, -0.15) is 0 Å². The quantitative estimate of drug-likeness (QED) is 0.149. The number of carbonyl (C=O) groups excluding carboxylic acids is 2. The van der Waals surface area contributed by atoms with Gasteiger partial charge in [-0.25, -0.2) is 0 Å². The van der Waals surface area contributed by atoms with Crippen LogP contribution in [0.1, 0.15) is 12.8 Å². The zero-order chi connectivity index (χ0) is 27.7. The number of nitrogens with zero attached hydrogens (tertiary/aromatic N) is 2. The van der Waals surface area contributed by atoms with Crippen LogP contribution in [0.15, 0.2) is 79.8 Å². The summed E-state index contributed by atoms with van der Waals surface area (Å²) in [5.41, 5.74) is 1.38. The molecule has 0 aromatic heterocycles. The molecule has 38 heavy (non-hydrogen) atoms. The molecule has 3 rings (SSSR count). The van der Waals surface area contributed by atoms with Crippen molar-refractivity contribution in [1.82, 2.24) is 9.80 Å². The molecule has 10 heteroatoms. The first-order chi connectivity index (χ1) is 18.2. The highest BCUT2D eigenvalue weighted by Gasteiger charge is 2.34. The largest absolute Gasteiger partial charge is 0.350 e. The molecule has 2 aromatic rings. The molecule has 0 bridgehead atoms. The van der Waals surface area contributed by atoms with Crippen LogP contribution in [0.5, 0.6) is 0 Å². The molecule has 0 aliphatic heterocycles. The van der Waals surface area contributed by atoms with E-state index in [0.29, 0.717) is 11.4 Å². The van der Waals surface area contributed by atoms with Gasteiger partial charge >= 0.3 is 0 Å². The summed E-state index contributed by atoms with van der Waals surface area (Å²) in [6.45, 7) is 1.97.